The van der Waals surface area contributed by atoms with Crippen LogP contribution in [0.25, 0.3) is 0 Å². The number of carbonyl (C=O) groups excluding carboxylic acids is 1. The van der Waals surface area contributed by atoms with Crippen LogP contribution >= 0.6 is 0 Å². The number of rotatable bonds is 6. The predicted molar refractivity (Wildman–Crippen MR) is 76.3 cm³/mol. The molecule has 0 aliphatic carbocycles. The maximum absolute atomic E-state index is 11.5. The number of nitrogens with zero attached hydrogens (tertiary/aromatic N) is 2. The largest absolute Gasteiger partial charge is 0.375 e. The highest BCUT2D eigenvalue weighted by Gasteiger charge is 2.02. The van der Waals surface area contributed by atoms with E-state index < -0.39 is 0 Å². The Morgan fingerprint density at radius 2 is 2.15 bits per heavy atom. The number of benzene rings is 1. The van der Waals surface area contributed by atoms with Crippen molar-refractivity contribution in [2.75, 3.05) is 18.5 Å². The van der Waals surface area contributed by atoms with E-state index in [-0.39, 0.29) is 6.03 Å². The summed E-state index contributed by atoms with van der Waals surface area (Å²) < 4.78 is 7.09. The Bertz CT molecular complexity index is 539. The smallest absolute Gasteiger partial charge is 0.319 e. The fraction of sp³-hybridized carbons (Fsp3) is 0.286. The first kappa shape index (κ1) is 14.1. The van der Waals surface area contributed by atoms with Crippen molar-refractivity contribution < 1.29 is 9.53 Å². The minimum atomic E-state index is -0.263. The highest BCUT2D eigenvalue weighted by Crippen LogP contribution is 2.02. The van der Waals surface area contributed by atoms with E-state index in [1.807, 2.05) is 30.3 Å². The molecule has 2 rings (SSSR count). The van der Waals surface area contributed by atoms with Gasteiger partial charge in [0.15, 0.2) is 0 Å². The number of carbonyl (C=O) groups is 1. The van der Waals surface area contributed by atoms with Gasteiger partial charge in [-0.1, -0.05) is 30.3 Å². The Morgan fingerprint density at radius 1 is 1.35 bits per heavy atom. The molecule has 0 saturated heterocycles. The summed E-state index contributed by atoms with van der Waals surface area (Å²) in [7, 11) is 1.79. The lowest BCUT2D eigenvalue weighted by molar-refractivity contribution is 0.124. The highest BCUT2D eigenvalue weighted by molar-refractivity contribution is 5.88. The van der Waals surface area contributed by atoms with E-state index in [0.29, 0.717) is 25.4 Å². The molecule has 2 aromatic rings. The summed E-state index contributed by atoms with van der Waals surface area (Å²) in [4.78, 5) is 11.5. The van der Waals surface area contributed by atoms with Crippen molar-refractivity contribution in [1.29, 1.82) is 0 Å². The van der Waals surface area contributed by atoms with Gasteiger partial charge in [0.1, 0.15) is 0 Å². The second-order valence-corrected chi connectivity index (χ2v) is 4.32. The zero-order chi connectivity index (χ0) is 14.2. The molecule has 106 valence electrons. The molecule has 0 saturated carbocycles. The molecule has 0 unspecified atom stereocenters. The average molecular weight is 274 g/mol. The lowest BCUT2D eigenvalue weighted by atomic mass is 10.2. The molecule has 2 amide bonds. The zero-order valence-corrected chi connectivity index (χ0v) is 11.4. The third kappa shape index (κ3) is 4.74. The maximum atomic E-state index is 11.5. The molecule has 0 atom stereocenters. The van der Waals surface area contributed by atoms with Gasteiger partial charge in [-0.2, -0.15) is 5.10 Å². The monoisotopic (exact) mass is 274 g/mol. The van der Waals surface area contributed by atoms with E-state index in [1.54, 1.807) is 24.1 Å². The van der Waals surface area contributed by atoms with Crippen molar-refractivity contribution in [3.63, 3.8) is 0 Å². The van der Waals surface area contributed by atoms with E-state index in [9.17, 15) is 4.79 Å². The third-order valence-electron chi connectivity index (χ3n) is 2.61. The SMILES string of the molecule is Cn1cc(NC(=O)NCCOCc2ccccc2)cn1. The number of hydrogen-bond acceptors (Lipinski definition) is 3. The van der Waals surface area contributed by atoms with E-state index in [1.165, 1.54) is 0 Å². The Morgan fingerprint density at radius 3 is 2.85 bits per heavy atom. The molecule has 6 nitrogen and oxygen atoms in total. The molecule has 0 bridgehead atoms. The van der Waals surface area contributed by atoms with Crippen LogP contribution in [0.2, 0.25) is 0 Å². The number of aromatic nitrogens is 2. The van der Waals surface area contributed by atoms with Gasteiger partial charge < -0.3 is 15.4 Å². The van der Waals surface area contributed by atoms with E-state index in [0.717, 1.165) is 5.56 Å². The second-order valence-electron chi connectivity index (χ2n) is 4.32. The number of amides is 2. The summed E-state index contributed by atoms with van der Waals surface area (Å²) in [5.74, 6) is 0. The summed E-state index contributed by atoms with van der Waals surface area (Å²) in [6.07, 6.45) is 3.32. The Balaban J connectivity index is 1.58. The van der Waals surface area contributed by atoms with Crippen molar-refractivity contribution >= 4 is 11.7 Å². The number of nitrogens with one attached hydrogen (secondary N) is 2. The van der Waals surface area contributed by atoms with Crippen LogP contribution in [-0.2, 0) is 18.4 Å². The van der Waals surface area contributed by atoms with Crippen LogP contribution in [0.3, 0.4) is 0 Å². The van der Waals surface area contributed by atoms with Crippen molar-refractivity contribution in [2.45, 2.75) is 6.61 Å². The summed E-state index contributed by atoms with van der Waals surface area (Å²) >= 11 is 0. The minimum absolute atomic E-state index is 0.263. The first-order chi connectivity index (χ1) is 9.74. The molecule has 1 heterocycles. The molecule has 0 aliphatic heterocycles. The molecular weight excluding hydrogens is 256 g/mol. The van der Waals surface area contributed by atoms with Gasteiger partial charge >= 0.3 is 6.03 Å². The van der Waals surface area contributed by atoms with Gasteiger partial charge in [-0.15, -0.1) is 0 Å². The van der Waals surface area contributed by atoms with Gasteiger partial charge in [-0.3, -0.25) is 4.68 Å². The summed E-state index contributed by atoms with van der Waals surface area (Å²) in [6, 6.07) is 9.65. The van der Waals surface area contributed by atoms with Crippen LogP contribution in [0, 0.1) is 0 Å². The highest BCUT2D eigenvalue weighted by atomic mass is 16.5. The Labute approximate surface area is 117 Å². The number of urea groups is 1. The van der Waals surface area contributed by atoms with Crippen LogP contribution in [0.5, 0.6) is 0 Å². The number of hydrogen-bond donors (Lipinski definition) is 2. The maximum Gasteiger partial charge on any atom is 0.319 e. The molecular formula is C14H18N4O2. The lowest BCUT2D eigenvalue weighted by Crippen LogP contribution is -2.31. The topological polar surface area (TPSA) is 68.2 Å². The van der Waals surface area contributed by atoms with Crippen LogP contribution in [0.15, 0.2) is 42.7 Å². The summed E-state index contributed by atoms with van der Waals surface area (Å²) in [5.41, 5.74) is 1.78. The van der Waals surface area contributed by atoms with Crippen LogP contribution in [0.1, 0.15) is 5.56 Å². The van der Waals surface area contributed by atoms with E-state index >= 15 is 0 Å². The van der Waals surface area contributed by atoms with Gasteiger partial charge in [0.05, 0.1) is 25.1 Å². The van der Waals surface area contributed by atoms with Crippen molar-refractivity contribution in [2.24, 2.45) is 7.05 Å². The van der Waals surface area contributed by atoms with Gasteiger partial charge in [-0.25, -0.2) is 4.79 Å². The normalized spacial score (nSPS) is 10.2. The van der Waals surface area contributed by atoms with Crippen molar-refractivity contribution in [1.82, 2.24) is 15.1 Å². The van der Waals surface area contributed by atoms with Gasteiger partial charge in [-0.05, 0) is 5.56 Å². The number of ether oxygens (including phenoxy) is 1. The molecule has 0 radical (unpaired) electrons. The quantitative estimate of drug-likeness (QED) is 0.789. The Kier molecular flexibility index (Phi) is 5.14. The average Bonchev–Trinajstić information content (AvgIpc) is 2.85. The number of aryl methyl sites for hydroxylation is 1. The van der Waals surface area contributed by atoms with Crippen LogP contribution in [-0.4, -0.2) is 29.0 Å². The van der Waals surface area contributed by atoms with Crippen LogP contribution in [0.4, 0.5) is 10.5 Å². The van der Waals surface area contributed by atoms with Crippen molar-refractivity contribution in [3.05, 3.63) is 48.3 Å². The lowest BCUT2D eigenvalue weighted by Gasteiger charge is -2.07. The molecule has 1 aromatic heterocycles. The fourth-order valence-electron chi connectivity index (χ4n) is 1.66. The van der Waals surface area contributed by atoms with Gasteiger partial charge in [0.2, 0.25) is 0 Å². The molecule has 0 aliphatic rings. The molecule has 2 N–H and O–H groups in total. The minimum Gasteiger partial charge on any atom is -0.375 e. The molecule has 1 aromatic carbocycles. The molecule has 20 heavy (non-hydrogen) atoms. The summed E-state index contributed by atoms with van der Waals surface area (Å²) in [6.45, 7) is 1.47. The molecule has 6 heteroatoms. The van der Waals surface area contributed by atoms with Crippen LogP contribution < -0.4 is 10.6 Å². The molecule has 0 spiro atoms. The first-order valence-electron chi connectivity index (χ1n) is 6.39. The van der Waals surface area contributed by atoms with Gasteiger partial charge in [0.25, 0.3) is 0 Å². The zero-order valence-electron chi connectivity index (χ0n) is 11.4. The second kappa shape index (κ2) is 7.30. The summed E-state index contributed by atoms with van der Waals surface area (Å²) in [5, 5.41) is 9.36. The van der Waals surface area contributed by atoms with E-state index in [4.69, 9.17) is 4.74 Å². The first-order valence-corrected chi connectivity index (χ1v) is 6.39. The Hall–Kier alpha value is -2.34. The third-order valence-corrected chi connectivity index (χ3v) is 2.61. The predicted octanol–water partition coefficient (Wildman–Crippen LogP) is 1.76. The fourth-order valence-corrected chi connectivity index (χ4v) is 1.66. The number of anilines is 1. The van der Waals surface area contributed by atoms with Gasteiger partial charge in [0, 0.05) is 19.8 Å². The van der Waals surface area contributed by atoms with E-state index in [2.05, 4.69) is 15.7 Å². The standard InChI is InChI=1S/C14H18N4O2/c1-18-10-13(9-16-18)17-14(19)15-7-8-20-11-12-5-3-2-4-6-12/h2-6,9-10H,7-8,11H2,1H3,(H2,15,17,19). The molecule has 0 fully saturated rings. The van der Waals surface area contributed by atoms with Crippen molar-refractivity contribution in [3.8, 4) is 0 Å².